The zero-order valence-electron chi connectivity index (χ0n) is 11.6. The predicted octanol–water partition coefficient (Wildman–Crippen LogP) is 3.48. The van der Waals surface area contributed by atoms with E-state index in [9.17, 15) is 4.79 Å². The summed E-state index contributed by atoms with van der Waals surface area (Å²) < 4.78 is 0. The molecule has 1 fully saturated rings. The molecule has 0 spiro atoms. The molecule has 2 N–H and O–H groups in total. The third-order valence-corrected chi connectivity index (χ3v) is 4.47. The normalized spacial score (nSPS) is 16.8. The van der Waals surface area contributed by atoms with E-state index in [2.05, 4.69) is 4.98 Å². The van der Waals surface area contributed by atoms with Gasteiger partial charge in [-0.25, -0.2) is 4.98 Å². The van der Waals surface area contributed by atoms with Crippen LogP contribution in [0.3, 0.4) is 0 Å². The van der Waals surface area contributed by atoms with Crippen molar-refractivity contribution < 1.29 is 4.79 Å². The van der Waals surface area contributed by atoms with Gasteiger partial charge < -0.3 is 10.6 Å². The highest BCUT2D eigenvalue weighted by atomic mass is 35.5. The fourth-order valence-electron chi connectivity index (χ4n) is 2.23. The van der Waals surface area contributed by atoms with Crippen LogP contribution in [0, 0.1) is 0 Å². The zero-order valence-corrected chi connectivity index (χ0v) is 14.8. The molecule has 0 bridgehead atoms. The number of thiazole rings is 1. The maximum Gasteiger partial charge on any atom is 0.273 e. The second kappa shape index (κ2) is 8.13. The SMILES string of the molecule is Cl.Cl.N[C@@H]1CCN(C(=O)c2csc(-c3ccc(Cl)cc3)n2)C1. The molecule has 1 atom stereocenters. The number of benzene rings is 1. The number of hydrogen-bond acceptors (Lipinski definition) is 4. The fourth-order valence-corrected chi connectivity index (χ4v) is 3.16. The molecule has 120 valence electrons. The molecule has 1 aliphatic rings. The second-order valence-electron chi connectivity index (χ2n) is 4.84. The molecule has 1 aromatic carbocycles. The number of halogens is 3. The quantitative estimate of drug-likeness (QED) is 0.867. The van der Waals surface area contributed by atoms with E-state index in [4.69, 9.17) is 17.3 Å². The lowest BCUT2D eigenvalue weighted by Crippen LogP contribution is -2.32. The first-order valence-corrected chi connectivity index (χ1v) is 7.65. The number of carbonyl (C=O) groups excluding carboxylic acids is 1. The van der Waals surface area contributed by atoms with Crippen molar-refractivity contribution in [3.63, 3.8) is 0 Å². The van der Waals surface area contributed by atoms with Crippen molar-refractivity contribution in [1.29, 1.82) is 0 Å². The maximum absolute atomic E-state index is 12.3. The van der Waals surface area contributed by atoms with E-state index in [0.29, 0.717) is 23.8 Å². The van der Waals surface area contributed by atoms with Crippen molar-refractivity contribution in [2.45, 2.75) is 12.5 Å². The van der Waals surface area contributed by atoms with Gasteiger partial charge in [-0.05, 0) is 18.6 Å². The van der Waals surface area contributed by atoms with Gasteiger partial charge in [0.25, 0.3) is 5.91 Å². The van der Waals surface area contributed by atoms with E-state index >= 15 is 0 Å². The summed E-state index contributed by atoms with van der Waals surface area (Å²) in [5, 5.41) is 3.32. The van der Waals surface area contributed by atoms with Gasteiger partial charge in [0.2, 0.25) is 0 Å². The molecule has 2 aromatic rings. The Morgan fingerprint density at radius 3 is 2.59 bits per heavy atom. The monoisotopic (exact) mass is 379 g/mol. The van der Waals surface area contributed by atoms with Gasteiger partial charge in [-0.2, -0.15) is 0 Å². The fraction of sp³-hybridized carbons (Fsp3) is 0.286. The molecule has 0 radical (unpaired) electrons. The van der Waals surface area contributed by atoms with Crippen molar-refractivity contribution in [2.75, 3.05) is 13.1 Å². The number of nitrogens with two attached hydrogens (primary N) is 1. The van der Waals surface area contributed by atoms with Crippen molar-refractivity contribution in [3.8, 4) is 10.6 Å². The molecule has 1 aliphatic heterocycles. The summed E-state index contributed by atoms with van der Waals surface area (Å²) in [6.45, 7) is 1.33. The molecule has 22 heavy (non-hydrogen) atoms. The zero-order chi connectivity index (χ0) is 14.1. The summed E-state index contributed by atoms with van der Waals surface area (Å²) in [6, 6.07) is 7.54. The molecule has 1 saturated heterocycles. The lowest BCUT2D eigenvalue weighted by atomic mass is 10.2. The lowest BCUT2D eigenvalue weighted by Gasteiger charge is -2.13. The van der Waals surface area contributed by atoms with E-state index in [1.807, 2.05) is 24.3 Å². The standard InChI is InChI=1S/C14H14ClN3OS.2ClH/c15-10-3-1-9(2-4-10)13-17-12(8-20-13)14(19)18-6-5-11(16)7-18;;/h1-4,8,11H,5-7,16H2;2*1H/t11-;;/m1../s1. The number of rotatable bonds is 2. The van der Waals surface area contributed by atoms with Crippen molar-refractivity contribution in [3.05, 3.63) is 40.4 Å². The summed E-state index contributed by atoms with van der Waals surface area (Å²) in [7, 11) is 0. The highest BCUT2D eigenvalue weighted by Gasteiger charge is 2.26. The topological polar surface area (TPSA) is 59.2 Å². The predicted molar refractivity (Wildman–Crippen MR) is 95.6 cm³/mol. The van der Waals surface area contributed by atoms with Gasteiger partial charge in [-0.3, -0.25) is 4.79 Å². The van der Waals surface area contributed by atoms with Gasteiger partial charge in [-0.15, -0.1) is 36.2 Å². The summed E-state index contributed by atoms with van der Waals surface area (Å²) >= 11 is 7.33. The maximum atomic E-state index is 12.3. The molecule has 0 aliphatic carbocycles. The van der Waals surface area contributed by atoms with E-state index in [1.165, 1.54) is 11.3 Å². The first-order chi connectivity index (χ1) is 9.63. The molecule has 0 saturated carbocycles. The Morgan fingerprint density at radius 2 is 2.00 bits per heavy atom. The smallest absolute Gasteiger partial charge is 0.273 e. The summed E-state index contributed by atoms with van der Waals surface area (Å²) in [4.78, 5) is 18.5. The third-order valence-electron chi connectivity index (χ3n) is 3.33. The van der Waals surface area contributed by atoms with Crippen molar-refractivity contribution >= 4 is 53.7 Å². The molecule has 4 nitrogen and oxygen atoms in total. The number of amides is 1. The van der Waals surface area contributed by atoms with Crippen LogP contribution in [0.2, 0.25) is 5.02 Å². The first-order valence-electron chi connectivity index (χ1n) is 6.40. The van der Waals surface area contributed by atoms with E-state index in [1.54, 1.807) is 10.3 Å². The van der Waals surface area contributed by atoms with Crippen LogP contribution in [0.4, 0.5) is 0 Å². The minimum Gasteiger partial charge on any atom is -0.336 e. The molecule has 3 rings (SSSR count). The molecule has 1 aromatic heterocycles. The van der Waals surface area contributed by atoms with E-state index < -0.39 is 0 Å². The van der Waals surface area contributed by atoms with E-state index in [-0.39, 0.29) is 36.8 Å². The third kappa shape index (κ3) is 4.12. The van der Waals surface area contributed by atoms with Crippen LogP contribution >= 0.6 is 47.8 Å². The highest BCUT2D eigenvalue weighted by Crippen LogP contribution is 2.26. The molecule has 8 heteroatoms. The average Bonchev–Trinajstić information content (AvgIpc) is 3.08. The Kier molecular flexibility index (Phi) is 7.09. The van der Waals surface area contributed by atoms with Crippen LogP contribution in [0.25, 0.3) is 10.6 Å². The number of hydrogen-bond donors (Lipinski definition) is 1. The molecular formula is C14H16Cl3N3OS. The number of aromatic nitrogens is 1. The Bertz CT molecular complexity index is 633. The molecule has 0 unspecified atom stereocenters. The van der Waals surface area contributed by atoms with Gasteiger partial charge in [-0.1, -0.05) is 23.7 Å². The highest BCUT2D eigenvalue weighted by molar-refractivity contribution is 7.13. The minimum absolute atomic E-state index is 0. The van der Waals surface area contributed by atoms with Crippen LogP contribution in [-0.4, -0.2) is 34.9 Å². The number of carbonyl (C=O) groups is 1. The van der Waals surface area contributed by atoms with Gasteiger partial charge in [0, 0.05) is 35.1 Å². The van der Waals surface area contributed by atoms with Gasteiger partial charge in [0.15, 0.2) is 0 Å². The molecular weight excluding hydrogens is 365 g/mol. The van der Waals surface area contributed by atoms with Crippen LogP contribution in [0.5, 0.6) is 0 Å². The van der Waals surface area contributed by atoms with Crippen LogP contribution in [-0.2, 0) is 0 Å². The summed E-state index contributed by atoms with van der Waals surface area (Å²) in [6.07, 6.45) is 0.861. The summed E-state index contributed by atoms with van der Waals surface area (Å²) in [5.41, 5.74) is 7.29. The van der Waals surface area contributed by atoms with Crippen molar-refractivity contribution in [2.24, 2.45) is 5.73 Å². The largest absolute Gasteiger partial charge is 0.336 e. The Balaban J connectivity index is 0.00000121. The van der Waals surface area contributed by atoms with Crippen molar-refractivity contribution in [1.82, 2.24) is 9.88 Å². The average molecular weight is 381 g/mol. The van der Waals surface area contributed by atoms with Crippen LogP contribution in [0.15, 0.2) is 29.6 Å². The Hall–Kier alpha value is -0.850. The van der Waals surface area contributed by atoms with Crippen LogP contribution < -0.4 is 5.73 Å². The number of nitrogens with zero attached hydrogens (tertiary/aromatic N) is 2. The summed E-state index contributed by atoms with van der Waals surface area (Å²) in [5.74, 6) is -0.0330. The number of likely N-dealkylation sites (tertiary alicyclic amines) is 1. The lowest BCUT2D eigenvalue weighted by molar-refractivity contribution is 0.0786. The molecule has 2 heterocycles. The van der Waals surface area contributed by atoms with E-state index in [0.717, 1.165) is 17.0 Å². The second-order valence-corrected chi connectivity index (χ2v) is 6.14. The van der Waals surface area contributed by atoms with Crippen LogP contribution in [0.1, 0.15) is 16.9 Å². The minimum atomic E-state index is -0.0330. The first kappa shape index (κ1) is 19.2. The van der Waals surface area contributed by atoms with Gasteiger partial charge >= 0.3 is 0 Å². The Morgan fingerprint density at radius 1 is 1.32 bits per heavy atom. The van der Waals surface area contributed by atoms with Gasteiger partial charge in [0.1, 0.15) is 10.7 Å². The molecule has 1 amide bonds. The van der Waals surface area contributed by atoms with Gasteiger partial charge in [0.05, 0.1) is 0 Å². The Labute approximate surface area is 150 Å².